The smallest absolute Gasteiger partial charge is 0.238 e. The van der Waals surface area contributed by atoms with Crippen LogP contribution in [0.3, 0.4) is 0 Å². The molecule has 2 saturated carbocycles. The first-order chi connectivity index (χ1) is 63.1. The van der Waals surface area contributed by atoms with Gasteiger partial charge in [-0.1, -0.05) is 133 Å². The largest absolute Gasteiger partial charge is 0.396 e. The number of primary sulfonamides is 4. The molecule has 5 unspecified atom stereocenters. The number of halogens is 4. The van der Waals surface area contributed by atoms with Gasteiger partial charge in [-0.25, -0.2) is 110 Å². The van der Waals surface area contributed by atoms with Gasteiger partial charge in [-0.15, -0.1) is 10.2 Å². The number of methoxy groups -OCH3 is 1. The van der Waals surface area contributed by atoms with Crippen molar-refractivity contribution in [2.45, 2.75) is 183 Å². The molecule has 5 aromatic heterocycles. The molecule has 31 nitrogen and oxygen atoms in total. The molecule has 0 radical (unpaired) electrons. The van der Waals surface area contributed by atoms with E-state index in [1.165, 1.54) is 67.3 Å². The fraction of sp³-hybridized carbons (Fsp3) is 0.372. The van der Waals surface area contributed by atoms with Crippen molar-refractivity contribution in [3.8, 4) is 22.7 Å². The quantitative estimate of drug-likeness (QED) is 0.0261. The van der Waals surface area contributed by atoms with E-state index < -0.39 is 63.4 Å². The van der Waals surface area contributed by atoms with Crippen LogP contribution < -0.4 is 20.6 Å². The number of rotatable bonds is 30. The van der Waals surface area contributed by atoms with Crippen LogP contribution in [0.25, 0.3) is 22.7 Å². The monoisotopic (exact) mass is 1900 g/mol. The standard InChI is InChI=1S/C25H31FN4O3S.C23H26FN7O2S.C23H28FN5O3S.C23H27FN4O3S/c1-3-25(16-31)10-9-19(15-25)12-23-28-24(13-18-6-4-5-17(2)11-18)30(29-23)22-8-7-20(14-21(22)26)34(27,32)33;1-16-5-4-6-17(9-16)10-23-27-22(15-29(2)13-18-12-26-30(3)14-18)28-31(23)21-8-7-19(11-20(21)24)34(25,32)33;1-3-18-14-28(9-10-32-18)15-22-26-23(12-17-6-4-5-16(2)11-17)29(27-22)21-8-7-19(13-20(21)24)33(25,30)31;1-15-4-3-5-16(10-15)13-23-26-22(12-17-6-7-18(11-17)31-2)27-28(23)21-9-8-19(14-20(21)24)32(25,29)30/h4-8,11,14,19,31H,3,9-10,12-13,15-16H2,1-2H3,(H2,27,32,33);4-9,11-12,14H,10,13,15H2,1-3H3,(H2,25,32,33);4-8,11,13,18H,3,9-10,12,14-15H2,1-2H3,(H2,25,30,31);3-5,8-10,14,17-18H,6-7,11-13H2,1-2H3,(H2,25,29,30). The highest BCUT2D eigenvalue weighted by molar-refractivity contribution is 7.90. The summed E-state index contributed by atoms with van der Waals surface area (Å²) in [6.07, 6.45) is 15.1. The Bertz CT molecular complexity index is 6790. The molecule has 1 aliphatic heterocycles. The average molecular weight is 1900 g/mol. The molecular formula is C94H112F4N20O11S4. The third-order valence-corrected chi connectivity index (χ3v) is 27.5. The maximum absolute atomic E-state index is 15.0. The number of benzene rings is 8. The van der Waals surface area contributed by atoms with Gasteiger partial charge in [0.15, 0.2) is 23.3 Å². The lowest BCUT2D eigenvalue weighted by atomic mass is 9.83. The Balaban J connectivity index is 0.000000151. The molecule has 0 spiro atoms. The van der Waals surface area contributed by atoms with Crippen molar-refractivity contribution < 1.29 is 65.8 Å². The van der Waals surface area contributed by atoms with Crippen LogP contribution in [-0.2, 0) is 115 Å². The highest BCUT2D eigenvalue weighted by atomic mass is 32.2. The molecule has 16 rings (SSSR count). The van der Waals surface area contributed by atoms with Gasteiger partial charge in [-0.05, 0) is 198 Å². The van der Waals surface area contributed by atoms with Gasteiger partial charge < -0.3 is 14.6 Å². The summed E-state index contributed by atoms with van der Waals surface area (Å²) in [5.41, 5.74) is 10.0. The van der Waals surface area contributed by atoms with E-state index in [4.69, 9.17) is 50.0 Å². The topological polar surface area (TPSA) is 426 Å². The summed E-state index contributed by atoms with van der Waals surface area (Å²) < 4.78 is 172. The second-order valence-electron chi connectivity index (χ2n) is 34.6. The molecule has 3 fully saturated rings. The molecule has 3 aliphatic rings. The van der Waals surface area contributed by atoms with Gasteiger partial charge in [0.25, 0.3) is 0 Å². The second-order valence-corrected chi connectivity index (χ2v) is 40.9. The molecule has 2 aliphatic carbocycles. The number of nitrogens with two attached hydrogens (primary N) is 4. The Labute approximate surface area is 772 Å². The van der Waals surface area contributed by atoms with Crippen molar-refractivity contribution in [1.29, 1.82) is 0 Å². The Morgan fingerprint density at radius 2 is 0.880 bits per heavy atom. The average Bonchev–Trinajstić information content (AvgIpc) is 1.67. The summed E-state index contributed by atoms with van der Waals surface area (Å²) in [7, 11) is -10.5. The number of aromatic nitrogens is 14. The summed E-state index contributed by atoms with van der Waals surface area (Å²) in [5, 5.41) is 53.0. The SMILES string of the molecule is CCC1(CO)CCC(Cc2nc(Cc3cccc(C)c3)n(-c3ccc(S(N)(=O)=O)cc3F)n2)C1.CCC1CN(Cc2nc(Cc3cccc(C)c3)n(-c3ccc(S(N)(=O)=O)cc3F)n2)CCO1.COC1CCC(Cc2nc(Cc3cccc(C)c3)n(-c3ccc(S(N)(=O)=O)cc3F)n2)C1.Cc1cccc(Cc2nc(CN(C)Cc3cnn(C)c3)nn2-c2ccc(S(N)(=O)=O)cc2F)c1. The molecule has 133 heavy (non-hydrogen) atoms. The molecule has 0 amide bonds. The first-order valence-corrected chi connectivity index (χ1v) is 49.8. The maximum atomic E-state index is 15.0. The predicted molar refractivity (Wildman–Crippen MR) is 493 cm³/mol. The number of ether oxygens (including phenoxy) is 2. The second kappa shape index (κ2) is 42.9. The zero-order chi connectivity index (χ0) is 95.4. The highest BCUT2D eigenvalue weighted by Crippen LogP contribution is 2.45. The molecule has 1 saturated heterocycles. The third-order valence-electron chi connectivity index (χ3n) is 23.9. The minimum absolute atomic E-state index is 0.0344. The van der Waals surface area contributed by atoms with Gasteiger partial charge in [-0.3, -0.25) is 14.5 Å². The Morgan fingerprint density at radius 1 is 0.496 bits per heavy atom. The Kier molecular flexibility index (Phi) is 32.0. The number of nitrogens with zero attached hydrogens (tertiary/aromatic N) is 16. The van der Waals surface area contributed by atoms with Crippen molar-refractivity contribution in [1.82, 2.24) is 78.6 Å². The van der Waals surface area contributed by atoms with Crippen LogP contribution in [0.5, 0.6) is 0 Å². The fourth-order valence-corrected chi connectivity index (χ4v) is 19.1. The fourth-order valence-electron chi connectivity index (χ4n) is 17.0. The van der Waals surface area contributed by atoms with E-state index >= 15 is 4.39 Å². The van der Waals surface area contributed by atoms with Crippen molar-refractivity contribution in [2.75, 3.05) is 40.5 Å². The van der Waals surface area contributed by atoms with Crippen molar-refractivity contribution >= 4 is 40.1 Å². The van der Waals surface area contributed by atoms with E-state index in [-0.39, 0.29) is 66.6 Å². The summed E-state index contributed by atoms with van der Waals surface area (Å²) in [5.74, 6) is 2.44. The van der Waals surface area contributed by atoms with Crippen LogP contribution in [0, 0.1) is 68.2 Å². The summed E-state index contributed by atoms with van der Waals surface area (Å²) >= 11 is 0. The summed E-state index contributed by atoms with van der Waals surface area (Å²) in [4.78, 5) is 22.0. The van der Waals surface area contributed by atoms with Crippen molar-refractivity contribution in [2.24, 2.45) is 44.9 Å². The number of hydrogen-bond acceptors (Lipinski definition) is 22. The van der Waals surface area contributed by atoms with Gasteiger partial charge in [0.1, 0.15) is 69.3 Å². The lowest BCUT2D eigenvalue weighted by molar-refractivity contribution is -0.0332. The maximum Gasteiger partial charge on any atom is 0.238 e. The lowest BCUT2D eigenvalue weighted by Crippen LogP contribution is -2.41. The summed E-state index contributed by atoms with van der Waals surface area (Å²) in [6, 6.07) is 46.2. The number of hydrogen-bond donors (Lipinski definition) is 5. The van der Waals surface area contributed by atoms with E-state index in [9.17, 15) is 51.9 Å². The molecule has 5 atom stereocenters. The van der Waals surface area contributed by atoms with Crippen LogP contribution in [0.2, 0.25) is 0 Å². The van der Waals surface area contributed by atoms with Crippen LogP contribution >= 0.6 is 0 Å². The van der Waals surface area contributed by atoms with Gasteiger partial charge in [0.05, 0.1) is 57.7 Å². The van der Waals surface area contributed by atoms with Gasteiger partial charge >= 0.3 is 0 Å². The van der Waals surface area contributed by atoms with Crippen molar-refractivity contribution in [3.63, 3.8) is 0 Å². The van der Waals surface area contributed by atoms with Crippen LogP contribution in [0.1, 0.15) is 162 Å². The first-order valence-electron chi connectivity index (χ1n) is 43.6. The first kappa shape index (κ1) is 99.2. The molecule has 6 heterocycles. The summed E-state index contributed by atoms with van der Waals surface area (Å²) in [6.45, 7) is 16.2. The van der Waals surface area contributed by atoms with Gasteiger partial charge in [0.2, 0.25) is 40.1 Å². The van der Waals surface area contributed by atoms with E-state index in [1.807, 2.05) is 144 Å². The normalized spacial score (nSPS) is 17.2. The number of sulfonamides is 4. The van der Waals surface area contributed by atoms with Gasteiger partial charge in [0, 0.05) is 90.7 Å². The number of morpholine rings is 1. The zero-order valence-electron chi connectivity index (χ0n) is 75.6. The van der Waals surface area contributed by atoms with Crippen LogP contribution in [0.4, 0.5) is 17.6 Å². The molecule has 13 aromatic rings. The molecule has 8 aromatic carbocycles. The Morgan fingerprint density at radius 3 is 1.22 bits per heavy atom. The minimum atomic E-state index is -4.03. The molecule has 706 valence electrons. The number of aliphatic hydroxyl groups is 1. The van der Waals surface area contributed by atoms with E-state index in [2.05, 4.69) is 50.3 Å². The number of aryl methyl sites for hydroxylation is 5. The van der Waals surface area contributed by atoms with Gasteiger partial charge in [-0.2, -0.15) is 15.3 Å². The zero-order valence-corrected chi connectivity index (χ0v) is 78.9. The molecule has 0 bridgehead atoms. The third kappa shape index (κ3) is 26.4. The van der Waals surface area contributed by atoms with E-state index in [0.29, 0.717) is 123 Å². The van der Waals surface area contributed by atoms with Crippen LogP contribution in [0.15, 0.2) is 202 Å². The van der Waals surface area contributed by atoms with Crippen LogP contribution in [-0.4, -0.2) is 170 Å². The number of aliphatic hydroxyl groups excluding tert-OH is 1. The lowest BCUT2D eigenvalue weighted by Gasteiger charge is -2.31. The Hall–Kier alpha value is -11.3. The predicted octanol–water partition coefficient (Wildman–Crippen LogP) is 11.9. The van der Waals surface area contributed by atoms with E-state index in [1.54, 1.807) is 18.0 Å². The molecule has 39 heteroatoms. The molecular weight excluding hydrogens is 1790 g/mol. The molecule has 9 N–H and O–H groups in total. The minimum Gasteiger partial charge on any atom is -0.396 e. The van der Waals surface area contributed by atoms with E-state index in [0.717, 1.165) is 139 Å². The van der Waals surface area contributed by atoms with Crippen molar-refractivity contribution in [3.05, 3.63) is 302 Å². The highest BCUT2D eigenvalue weighted by Gasteiger charge is 2.38.